The number of hydrogen-bond donors (Lipinski definition) is 3. The summed E-state index contributed by atoms with van der Waals surface area (Å²) in [6.07, 6.45) is -0.174. The second-order valence-corrected chi connectivity index (χ2v) is 11.3. The highest BCUT2D eigenvalue weighted by molar-refractivity contribution is 9.09. The van der Waals surface area contributed by atoms with Gasteiger partial charge in [0.1, 0.15) is 17.4 Å². The molecule has 3 N–H and O–H groups in total. The van der Waals surface area contributed by atoms with Crippen molar-refractivity contribution in [2.45, 2.75) is 49.8 Å². The second kappa shape index (κ2) is 10.3. The number of halogens is 1. The van der Waals surface area contributed by atoms with E-state index in [0.717, 1.165) is 11.1 Å². The van der Waals surface area contributed by atoms with Crippen LogP contribution in [0.5, 0.6) is 5.75 Å². The largest absolute Gasteiger partial charge is 0.494 e. The first-order valence-corrected chi connectivity index (χ1v) is 13.8. The Labute approximate surface area is 230 Å². The number of carbonyl (C=O) groups excluding carboxylic acids is 3. The maximum absolute atomic E-state index is 13.8. The van der Waals surface area contributed by atoms with Gasteiger partial charge in [-0.25, -0.2) is 0 Å². The molecular weight excluding hydrogens is 554 g/mol. The van der Waals surface area contributed by atoms with Gasteiger partial charge in [-0.15, -0.1) is 0 Å². The van der Waals surface area contributed by atoms with Crippen molar-refractivity contribution >= 4 is 45.0 Å². The predicted octanol–water partition coefficient (Wildman–Crippen LogP) is 3.02. The molecule has 0 radical (unpaired) electrons. The fourth-order valence-electron chi connectivity index (χ4n) is 6.31. The number of nitrogens with zero attached hydrogens (tertiary/aromatic N) is 1. The molecule has 0 saturated carbocycles. The van der Waals surface area contributed by atoms with E-state index in [9.17, 15) is 19.5 Å². The number of hydrogen-bond acceptors (Lipinski definition) is 6. The molecule has 3 unspecified atom stereocenters. The third-order valence-corrected chi connectivity index (χ3v) is 8.69. The Morgan fingerprint density at radius 3 is 2.45 bits per heavy atom. The molecule has 3 saturated heterocycles. The van der Waals surface area contributed by atoms with Gasteiger partial charge in [0.15, 0.2) is 0 Å². The average molecular weight is 586 g/mol. The lowest BCUT2D eigenvalue weighted by molar-refractivity contribution is -0.140. The van der Waals surface area contributed by atoms with E-state index in [1.165, 1.54) is 4.90 Å². The molecule has 2 aromatic carbocycles. The zero-order chi connectivity index (χ0) is 27.2. The number of ether oxygens (including phenoxy) is 2. The maximum atomic E-state index is 13.8. The summed E-state index contributed by atoms with van der Waals surface area (Å²) in [5, 5.41) is 15.7. The van der Waals surface area contributed by atoms with Crippen molar-refractivity contribution in [2.24, 2.45) is 11.8 Å². The topological polar surface area (TPSA) is 117 Å². The molecule has 5 rings (SSSR count). The lowest BCUT2D eigenvalue weighted by Gasteiger charge is -2.34. The molecule has 38 heavy (non-hydrogen) atoms. The Kier molecular flexibility index (Phi) is 7.23. The number of fused-ring (bicyclic) bond motifs is 1. The van der Waals surface area contributed by atoms with Gasteiger partial charge in [-0.1, -0.05) is 34.1 Å². The molecule has 10 heteroatoms. The van der Waals surface area contributed by atoms with E-state index in [2.05, 4.69) is 26.6 Å². The number of para-hydroxylation sites is 1. The van der Waals surface area contributed by atoms with Crippen molar-refractivity contribution in [3.63, 3.8) is 0 Å². The summed E-state index contributed by atoms with van der Waals surface area (Å²) in [6, 6.07) is 11.8. The first-order valence-electron chi connectivity index (χ1n) is 12.9. The average Bonchev–Trinajstić information content (AvgIpc) is 3.47. The van der Waals surface area contributed by atoms with Crippen LogP contribution in [0.25, 0.3) is 0 Å². The highest BCUT2D eigenvalue weighted by Gasteiger charge is 2.76. The minimum absolute atomic E-state index is 0.0316. The van der Waals surface area contributed by atoms with Crippen LogP contribution in [0.15, 0.2) is 42.5 Å². The van der Waals surface area contributed by atoms with E-state index >= 15 is 0 Å². The van der Waals surface area contributed by atoms with Gasteiger partial charge in [-0.2, -0.15) is 0 Å². The summed E-state index contributed by atoms with van der Waals surface area (Å²) in [6.45, 7) is 5.90. The van der Waals surface area contributed by atoms with Gasteiger partial charge in [0.2, 0.25) is 17.7 Å². The number of carbonyl (C=O) groups is 3. The first kappa shape index (κ1) is 26.6. The number of β-amino-alcohol motifs (C(OH)–C–C–N with tert-alkyl or cyclic N) is 1. The third-order valence-electron chi connectivity index (χ3n) is 7.84. The molecule has 2 aromatic rings. The van der Waals surface area contributed by atoms with Gasteiger partial charge < -0.3 is 30.1 Å². The summed E-state index contributed by atoms with van der Waals surface area (Å²) >= 11 is 3.66. The number of aliphatic hydroxyl groups excluding tert-OH is 1. The van der Waals surface area contributed by atoms with Crippen molar-refractivity contribution in [1.82, 2.24) is 4.90 Å². The van der Waals surface area contributed by atoms with Crippen LogP contribution in [0.4, 0.5) is 11.4 Å². The van der Waals surface area contributed by atoms with Crippen LogP contribution in [0, 0.1) is 25.7 Å². The number of aliphatic hydroxyl groups is 1. The Bertz CT molecular complexity index is 1230. The quantitative estimate of drug-likeness (QED) is 0.410. The van der Waals surface area contributed by atoms with Gasteiger partial charge in [0, 0.05) is 22.7 Å². The monoisotopic (exact) mass is 585 g/mol. The molecule has 0 aliphatic carbocycles. The van der Waals surface area contributed by atoms with Gasteiger partial charge in [0.25, 0.3) is 0 Å². The molecular formula is C28H32BrN3O6. The molecule has 9 nitrogen and oxygen atoms in total. The predicted molar refractivity (Wildman–Crippen MR) is 145 cm³/mol. The molecule has 3 aliphatic heterocycles. The SMILES string of the molecule is CCOc1ccc(NC(=O)[C@H]2[C@H]3C(=O)N(CCO)C(C(=O)Nc4c(C)cccc4C)C34CC(Br)[C@@H]2O4)cc1. The standard InChI is InChI=1S/C28H32BrN3O6/c1-4-37-18-10-8-17(9-11-18)30-25(34)20-21-27(36)32(12-13-33)24(28(21)14-19(29)23(20)38-28)26(35)31-22-15(2)6-5-7-16(22)3/h5-11,19-21,23-24,33H,4,12-14H2,1-3H3,(H,30,34)(H,31,35)/t19?,20-,21-,23-,24?,28?/m0/s1. The molecule has 1 spiro atoms. The summed E-state index contributed by atoms with van der Waals surface area (Å²) in [4.78, 5) is 42.4. The normalized spacial score (nSPS) is 29.3. The summed E-state index contributed by atoms with van der Waals surface area (Å²) in [7, 11) is 0. The van der Waals surface area contributed by atoms with Gasteiger partial charge >= 0.3 is 0 Å². The smallest absolute Gasteiger partial charge is 0.250 e. The minimum atomic E-state index is -1.19. The minimum Gasteiger partial charge on any atom is -0.494 e. The molecule has 3 heterocycles. The van der Waals surface area contributed by atoms with Crippen LogP contribution in [0.2, 0.25) is 0 Å². The fraction of sp³-hybridized carbons (Fsp3) is 0.464. The Morgan fingerprint density at radius 2 is 1.82 bits per heavy atom. The van der Waals surface area contributed by atoms with E-state index in [0.29, 0.717) is 30.2 Å². The number of nitrogens with one attached hydrogen (secondary N) is 2. The number of benzene rings is 2. The molecule has 3 aliphatic rings. The highest BCUT2D eigenvalue weighted by atomic mass is 79.9. The van der Waals surface area contributed by atoms with Crippen molar-refractivity contribution in [1.29, 1.82) is 0 Å². The van der Waals surface area contributed by atoms with E-state index in [-0.39, 0.29) is 35.7 Å². The maximum Gasteiger partial charge on any atom is 0.250 e. The van der Waals surface area contributed by atoms with Gasteiger partial charge in [-0.05, 0) is 62.6 Å². The lowest BCUT2D eigenvalue weighted by Crippen LogP contribution is -2.54. The summed E-state index contributed by atoms with van der Waals surface area (Å²) in [5.74, 6) is -2.04. The van der Waals surface area contributed by atoms with Gasteiger partial charge in [0.05, 0.1) is 31.2 Å². The number of anilines is 2. The van der Waals surface area contributed by atoms with Crippen molar-refractivity contribution in [3.8, 4) is 5.75 Å². The Morgan fingerprint density at radius 1 is 1.13 bits per heavy atom. The van der Waals surface area contributed by atoms with Crippen molar-refractivity contribution in [3.05, 3.63) is 53.6 Å². The van der Waals surface area contributed by atoms with Crippen molar-refractivity contribution in [2.75, 3.05) is 30.4 Å². The molecule has 2 bridgehead atoms. The molecule has 202 valence electrons. The second-order valence-electron chi connectivity index (χ2n) is 10.1. The molecule has 3 amide bonds. The zero-order valence-electron chi connectivity index (χ0n) is 21.6. The lowest BCUT2D eigenvalue weighted by atomic mass is 9.70. The number of likely N-dealkylation sites (tertiary alicyclic amines) is 1. The molecule has 0 aromatic heterocycles. The van der Waals surface area contributed by atoms with Crippen LogP contribution in [-0.2, 0) is 19.1 Å². The van der Waals surface area contributed by atoms with Crippen LogP contribution >= 0.6 is 15.9 Å². The summed E-state index contributed by atoms with van der Waals surface area (Å²) in [5.41, 5.74) is 1.86. The van der Waals surface area contributed by atoms with Crippen molar-refractivity contribution < 1.29 is 29.0 Å². The van der Waals surface area contributed by atoms with E-state index < -0.39 is 29.6 Å². The van der Waals surface area contributed by atoms with E-state index in [4.69, 9.17) is 9.47 Å². The number of alkyl halides is 1. The highest BCUT2D eigenvalue weighted by Crippen LogP contribution is 2.60. The Hall–Kier alpha value is -2.95. The number of aryl methyl sites for hydroxylation is 2. The van der Waals surface area contributed by atoms with Gasteiger partial charge in [-0.3, -0.25) is 14.4 Å². The van der Waals surface area contributed by atoms with Crippen LogP contribution in [-0.4, -0.2) is 70.1 Å². The number of amides is 3. The fourth-order valence-corrected chi connectivity index (χ4v) is 7.25. The number of rotatable bonds is 8. The van der Waals surface area contributed by atoms with Crippen LogP contribution in [0.1, 0.15) is 24.5 Å². The van der Waals surface area contributed by atoms with Crippen LogP contribution < -0.4 is 15.4 Å². The van der Waals surface area contributed by atoms with Crippen LogP contribution in [0.3, 0.4) is 0 Å². The zero-order valence-corrected chi connectivity index (χ0v) is 23.2. The first-order chi connectivity index (χ1) is 18.2. The van der Waals surface area contributed by atoms with E-state index in [1.54, 1.807) is 24.3 Å². The molecule has 3 fully saturated rings. The summed E-state index contributed by atoms with van der Waals surface area (Å²) < 4.78 is 11.9. The van der Waals surface area contributed by atoms with E-state index in [1.807, 2.05) is 39.0 Å². The Balaban J connectivity index is 1.45. The third kappa shape index (κ3) is 4.28. The molecule has 6 atom stereocenters.